The lowest BCUT2D eigenvalue weighted by Crippen LogP contribution is -2.42. The third-order valence-corrected chi connectivity index (χ3v) is 3.34. The van der Waals surface area contributed by atoms with Crippen molar-refractivity contribution in [1.82, 2.24) is 10.3 Å². The van der Waals surface area contributed by atoms with Gasteiger partial charge < -0.3 is 10.2 Å². The van der Waals surface area contributed by atoms with Gasteiger partial charge in [-0.1, -0.05) is 12.1 Å². The normalized spacial score (nSPS) is 15.3. The lowest BCUT2D eigenvalue weighted by molar-refractivity contribution is 0.516. The molecular formula is C16H25N3. The molecule has 0 aromatic carbocycles. The average molecular weight is 259 g/mol. The van der Waals surface area contributed by atoms with Crippen LogP contribution in [0.1, 0.15) is 39.3 Å². The maximum Gasteiger partial charge on any atom is 0.129 e. The van der Waals surface area contributed by atoms with E-state index in [0.29, 0.717) is 0 Å². The molecule has 1 N–H and O–H groups in total. The lowest BCUT2D eigenvalue weighted by atomic mass is 10.1. The van der Waals surface area contributed by atoms with Gasteiger partial charge in [0, 0.05) is 24.7 Å². The number of aromatic nitrogens is 1. The molecule has 3 heteroatoms. The van der Waals surface area contributed by atoms with Gasteiger partial charge >= 0.3 is 0 Å². The summed E-state index contributed by atoms with van der Waals surface area (Å²) in [4.78, 5) is 7.05. The maximum atomic E-state index is 4.77. The molecule has 19 heavy (non-hydrogen) atoms. The van der Waals surface area contributed by atoms with E-state index in [1.165, 1.54) is 12.8 Å². The minimum atomic E-state index is 0.0454. The third-order valence-electron chi connectivity index (χ3n) is 3.34. The van der Waals surface area contributed by atoms with E-state index in [9.17, 15) is 0 Å². The molecule has 0 amide bonds. The molecule has 0 radical (unpaired) electrons. The second kappa shape index (κ2) is 5.74. The van der Waals surface area contributed by atoms with Crippen LogP contribution < -0.4 is 10.2 Å². The van der Waals surface area contributed by atoms with Crippen molar-refractivity contribution in [1.29, 1.82) is 0 Å². The monoisotopic (exact) mass is 259 g/mol. The van der Waals surface area contributed by atoms with E-state index in [0.717, 1.165) is 30.6 Å². The topological polar surface area (TPSA) is 28.2 Å². The van der Waals surface area contributed by atoms with Gasteiger partial charge in [0.2, 0.25) is 0 Å². The van der Waals surface area contributed by atoms with Gasteiger partial charge in [-0.15, -0.1) is 6.58 Å². The minimum Gasteiger partial charge on any atom is -0.348 e. The first kappa shape index (κ1) is 14.1. The number of pyridine rings is 1. The van der Waals surface area contributed by atoms with Crippen molar-refractivity contribution < 1.29 is 0 Å². The number of hydrogen-bond acceptors (Lipinski definition) is 3. The molecule has 0 saturated heterocycles. The Bertz CT molecular complexity index is 430. The summed E-state index contributed by atoms with van der Waals surface area (Å²) < 4.78 is 0. The van der Waals surface area contributed by atoms with Gasteiger partial charge in [0.25, 0.3) is 0 Å². The van der Waals surface area contributed by atoms with E-state index in [4.69, 9.17) is 4.98 Å². The van der Waals surface area contributed by atoms with Gasteiger partial charge in [0.05, 0.1) is 5.69 Å². The summed E-state index contributed by atoms with van der Waals surface area (Å²) in [7, 11) is 0. The lowest BCUT2D eigenvalue weighted by Gasteiger charge is -2.36. The summed E-state index contributed by atoms with van der Waals surface area (Å²) in [6.45, 7) is 12.1. The molecule has 0 unspecified atom stereocenters. The molecule has 1 aliphatic carbocycles. The van der Waals surface area contributed by atoms with Crippen LogP contribution >= 0.6 is 0 Å². The minimum absolute atomic E-state index is 0.0454. The molecule has 2 rings (SSSR count). The van der Waals surface area contributed by atoms with Crippen LogP contribution in [-0.4, -0.2) is 23.1 Å². The predicted molar refractivity (Wildman–Crippen MR) is 81.4 cm³/mol. The highest BCUT2D eigenvalue weighted by Crippen LogP contribution is 2.23. The van der Waals surface area contributed by atoms with Crippen molar-refractivity contribution in [3.63, 3.8) is 0 Å². The Morgan fingerprint density at radius 3 is 2.74 bits per heavy atom. The van der Waals surface area contributed by atoms with Crippen molar-refractivity contribution in [3.8, 4) is 0 Å². The van der Waals surface area contributed by atoms with Crippen LogP contribution in [0.3, 0.4) is 0 Å². The van der Waals surface area contributed by atoms with E-state index in [1.54, 1.807) is 0 Å². The molecule has 0 atom stereocenters. The van der Waals surface area contributed by atoms with E-state index in [-0.39, 0.29) is 5.54 Å². The van der Waals surface area contributed by atoms with E-state index >= 15 is 0 Å². The van der Waals surface area contributed by atoms with Gasteiger partial charge in [-0.25, -0.2) is 4.98 Å². The van der Waals surface area contributed by atoms with Crippen LogP contribution in [0, 0.1) is 0 Å². The van der Waals surface area contributed by atoms with Crippen molar-refractivity contribution in [2.24, 2.45) is 0 Å². The maximum absolute atomic E-state index is 4.77. The molecule has 1 aromatic rings. The molecule has 0 aliphatic heterocycles. The second-order valence-corrected chi connectivity index (χ2v) is 6.21. The third kappa shape index (κ3) is 4.06. The van der Waals surface area contributed by atoms with Crippen LogP contribution in [0.2, 0.25) is 0 Å². The van der Waals surface area contributed by atoms with Crippen LogP contribution in [0.25, 0.3) is 0 Å². The predicted octanol–water partition coefficient (Wildman–Crippen LogP) is 3.12. The number of hydrogen-bond donors (Lipinski definition) is 1. The molecule has 1 aromatic heterocycles. The first-order valence-electron chi connectivity index (χ1n) is 7.08. The van der Waals surface area contributed by atoms with Crippen LogP contribution in [-0.2, 0) is 6.54 Å². The largest absolute Gasteiger partial charge is 0.348 e. The molecule has 1 heterocycles. The zero-order chi connectivity index (χ0) is 13.9. The van der Waals surface area contributed by atoms with Crippen LogP contribution in [0.5, 0.6) is 0 Å². The zero-order valence-corrected chi connectivity index (χ0v) is 12.3. The quantitative estimate of drug-likeness (QED) is 0.796. The molecule has 1 aliphatic rings. The molecule has 3 nitrogen and oxygen atoms in total. The number of rotatable bonds is 6. The SMILES string of the molecule is C=CCN(c1cccc(CNC2CC2)n1)C(C)(C)C. The van der Waals surface area contributed by atoms with E-state index < -0.39 is 0 Å². The first-order valence-corrected chi connectivity index (χ1v) is 7.08. The van der Waals surface area contributed by atoms with Crippen molar-refractivity contribution in [2.75, 3.05) is 11.4 Å². The van der Waals surface area contributed by atoms with Crippen LogP contribution in [0.4, 0.5) is 5.82 Å². The average Bonchev–Trinajstić information content (AvgIpc) is 3.16. The molecule has 1 fully saturated rings. The smallest absolute Gasteiger partial charge is 0.129 e. The Hall–Kier alpha value is -1.35. The summed E-state index contributed by atoms with van der Waals surface area (Å²) in [5.74, 6) is 1.03. The number of anilines is 1. The molecular weight excluding hydrogens is 234 g/mol. The summed E-state index contributed by atoms with van der Waals surface area (Å²) in [5.41, 5.74) is 1.16. The summed E-state index contributed by atoms with van der Waals surface area (Å²) >= 11 is 0. The zero-order valence-electron chi connectivity index (χ0n) is 12.3. The Labute approximate surface area is 116 Å². The standard InChI is InChI=1S/C16H25N3/c1-5-11-19(16(2,3)4)15-8-6-7-14(18-15)12-17-13-9-10-13/h5-8,13,17H,1,9-12H2,2-4H3. The van der Waals surface area contributed by atoms with Crippen LogP contribution in [0.15, 0.2) is 30.9 Å². The van der Waals surface area contributed by atoms with Gasteiger partial charge in [-0.3, -0.25) is 0 Å². The summed E-state index contributed by atoms with van der Waals surface area (Å²) in [6, 6.07) is 6.98. The van der Waals surface area contributed by atoms with Gasteiger partial charge in [-0.05, 0) is 45.7 Å². The Kier molecular flexibility index (Phi) is 4.25. The van der Waals surface area contributed by atoms with Crippen molar-refractivity contribution in [2.45, 2.75) is 51.7 Å². The Morgan fingerprint density at radius 2 is 2.16 bits per heavy atom. The van der Waals surface area contributed by atoms with Crippen molar-refractivity contribution >= 4 is 5.82 Å². The fourth-order valence-electron chi connectivity index (χ4n) is 2.09. The molecule has 104 valence electrons. The number of nitrogens with one attached hydrogen (secondary N) is 1. The summed E-state index contributed by atoms with van der Waals surface area (Å²) in [5, 5.41) is 3.51. The van der Waals surface area contributed by atoms with Gasteiger partial charge in [-0.2, -0.15) is 0 Å². The highest BCUT2D eigenvalue weighted by atomic mass is 15.2. The highest BCUT2D eigenvalue weighted by Gasteiger charge is 2.22. The van der Waals surface area contributed by atoms with Gasteiger partial charge in [0.1, 0.15) is 5.82 Å². The molecule has 0 spiro atoms. The Balaban J connectivity index is 2.11. The van der Waals surface area contributed by atoms with E-state index in [2.05, 4.69) is 55.8 Å². The van der Waals surface area contributed by atoms with E-state index in [1.807, 2.05) is 6.08 Å². The number of nitrogens with zero attached hydrogens (tertiary/aromatic N) is 2. The fraction of sp³-hybridized carbons (Fsp3) is 0.562. The first-order chi connectivity index (χ1) is 9.00. The second-order valence-electron chi connectivity index (χ2n) is 6.21. The fourth-order valence-corrected chi connectivity index (χ4v) is 2.09. The highest BCUT2D eigenvalue weighted by molar-refractivity contribution is 5.43. The summed E-state index contributed by atoms with van der Waals surface area (Å²) in [6.07, 6.45) is 4.55. The van der Waals surface area contributed by atoms with Gasteiger partial charge in [0.15, 0.2) is 0 Å². The Morgan fingerprint density at radius 1 is 1.42 bits per heavy atom. The van der Waals surface area contributed by atoms with Crippen molar-refractivity contribution in [3.05, 3.63) is 36.5 Å². The molecule has 1 saturated carbocycles. The molecule has 0 bridgehead atoms.